The Morgan fingerprint density at radius 1 is 1.19 bits per heavy atom. The first kappa shape index (κ1) is 13.0. The van der Waals surface area contributed by atoms with Crippen LogP contribution in [0.5, 0.6) is 5.75 Å². The fraction of sp³-hybridized carbons (Fsp3) is 0.571. The Morgan fingerprint density at radius 2 is 1.81 bits per heavy atom. The van der Waals surface area contributed by atoms with Crippen LogP contribution >= 0.6 is 0 Å². The van der Waals surface area contributed by atoms with Crippen molar-refractivity contribution in [2.24, 2.45) is 0 Å². The molecule has 2 nitrogen and oxygen atoms in total. The molecule has 0 fully saturated rings. The molecule has 0 spiro atoms. The molecule has 0 radical (unpaired) electrons. The van der Waals surface area contributed by atoms with Gasteiger partial charge in [-0.15, -0.1) is 0 Å². The van der Waals surface area contributed by atoms with E-state index in [-0.39, 0.29) is 12.2 Å². The Hall–Kier alpha value is -1.02. The Bertz CT molecular complexity index is 292. The molecule has 1 unspecified atom stereocenters. The Labute approximate surface area is 98.3 Å². The van der Waals surface area contributed by atoms with Gasteiger partial charge >= 0.3 is 0 Å². The van der Waals surface area contributed by atoms with Crippen molar-refractivity contribution in [1.29, 1.82) is 0 Å². The van der Waals surface area contributed by atoms with Crippen molar-refractivity contribution in [2.45, 2.75) is 52.2 Å². The lowest BCUT2D eigenvalue weighted by molar-refractivity contribution is 0.173. The molecule has 0 amide bonds. The number of ether oxygens (including phenoxy) is 1. The smallest absolute Gasteiger partial charge is 0.119 e. The Balaban J connectivity index is 2.57. The molecule has 90 valence electrons. The van der Waals surface area contributed by atoms with Crippen molar-refractivity contribution in [3.8, 4) is 5.75 Å². The average molecular weight is 222 g/mol. The van der Waals surface area contributed by atoms with Gasteiger partial charge in [-0.25, -0.2) is 0 Å². The van der Waals surface area contributed by atoms with Crippen LogP contribution in [0.2, 0.25) is 0 Å². The molecular weight excluding hydrogens is 200 g/mol. The second-order valence-electron chi connectivity index (χ2n) is 4.21. The van der Waals surface area contributed by atoms with Crippen LogP contribution in [0.1, 0.15) is 51.7 Å². The minimum absolute atomic E-state index is 0.256. The number of hydrogen-bond donors (Lipinski definition) is 1. The lowest BCUT2D eigenvalue weighted by atomic mass is 10.1. The van der Waals surface area contributed by atoms with E-state index >= 15 is 0 Å². The third kappa shape index (κ3) is 3.86. The molecular formula is C14H22O2. The molecule has 0 aliphatic rings. The van der Waals surface area contributed by atoms with Crippen molar-refractivity contribution in [3.63, 3.8) is 0 Å². The summed E-state index contributed by atoms with van der Waals surface area (Å²) in [5.41, 5.74) is 0.956. The second kappa shape index (κ2) is 6.54. The zero-order valence-corrected chi connectivity index (χ0v) is 10.4. The largest absolute Gasteiger partial charge is 0.491 e. The molecule has 0 saturated carbocycles. The number of aliphatic hydroxyl groups excluding tert-OH is 1. The molecule has 0 saturated heterocycles. The zero-order chi connectivity index (χ0) is 12.0. The third-order valence-corrected chi connectivity index (χ3v) is 2.68. The van der Waals surface area contributed by atoms with Crippen LogP contribution in [-0.2, 0) is 0 Å². The van der Waals surface area contributed by atoms with Crippen molar-refractivity contribution in [1.82, 2.24) is 0 Å². The minimum Gasteiger partial charge on any atom is -0.491 e. The SMILES string of the molecule is CCCC(C)Oc1ccc([C@@H](O)CC)cc1. The lowest BCUT2D eigenvalue weighted by Gasteiger charge is -2.14. The molecule has 1 N–H and O–H groups in total. The predicted octanol–water partition coefficient (Wildman–Crippen LogP) is 3.70. The highest BCUT2D eigenvalue weighted by atomic mass is 16.5. The quantitative estimate of drug-likeness (QED) is 0.795. The monoisotopic (exact) mass is 222 g/mol. The fourth-order valence-electron chi connectivity index (χ4n) is 1.70. The standard InChI is InChI=1S/C14H22O2/c1-4-6-11(3)16-13-9-7-12(8-10-13)14(15)5-2/h7-11,14-15H,4-6H2,1-3H3/t11?,14-/m0/s1. The first-order valence-corrected chi connectivity index (χ1v) is 6.12. The summed E-state index contributed by atoms with van der Waals surface area (Å²) in [5.74, 6) is 0.882. The molecule has 2 heteroatoms. The van der Waals surface area contributed by atoms with Crippen LogP contribution in [-0.4, -0.2) is 11.2 Å². The van der Waals surface area contributed by atoms with Gasteiger partial charge in [0.15, 0.2) is 0 Å². The Morgan fingerprint density at radius 3 is 2.31 bits per heavy atom. The van der Waals surface area contributed by atoms with Gasteiger partial charge < -0.3 is 9.84 Å². The topological polar surface area (TPSA) is 29.5 Å². The van der Waals surface area contributed by atoms with Crippen LogP contribution in [0, 0.1) is 0 Å². The van der Waals surface area contributed by atoms with E-state index in [0.717, 1.165) is 30.6 Å². The molecule has 0 heterocycles. The van der Waals surface area contributed by atoms with Crippen LogP contribution < -0.4 is 4.74 Å². The first-order chi connectivity index (χ1) is 7.67. The maximum Gasteiger partial charge on any atom is 0.119 e. The van der Waals surface area contributed by atoms with Gasteiger partial charge in [-0.05, 0) is 37.5 Å². The normalized spacial score (nSPS) is 14.5. The minimum atomic E-state index is -0.359. The van der Waals surface area contributed by atoms with Gasteiger partial charge in [0.25, 0.3) is 0 Å². The predicted molar refractivity (Wildman–Crippen MR) is 66.7 cm³/mol. The van der Waals surface area contributed by atoms with E-state index in [2.05, 4.69) is 13.8 Å². The van der Waals surface area contributed by atoms with Crippen LogP contribution in [0.3, 0.4) is 0 Å². The summed E-state index contributed by atoms with van der Waals surface area (Å²) >= 11 is 0. The molecule has 1 aromatic rings. The van der Waals surface area contributed by atoms with Gasteiger partial charge in [0.05, 0.1) is 12.2 Å². The lowest BCUT2D eigenvalue weighted by Crippen LogP contribution is -2.10. The highest BCUT2D eigenvalue weighted by molar-refractivity contribution is 5.28. The summed E-state index contributed by atoms with van der Waals surface area (Å²) in [5, 5.41) is 9.65. The number of rotatable bonds is 6. The van der Waals surface area contributed by atoms with Crippen molar-refractivity contribution in [3.05, 3.63) is 29.8 Å². The van der Waals surface area contributed by atoms with E-state index in [0.29, 0.717) is 0 Å². The summed E-state index contributed by atoms with van der Waals surface area (Å²) in [4.78, 5) is 0. The van der Waals surface area contributed by atoms with E-state index in [1.807, 2.05) is 31.2 Å². The fourth-order valence-corrected chi connectivity index (χ4v) is 1.70. The zero-order valence-electron chi connectivity index (χ0n) is 10.4. The number of aliphatic hydroxyl groups is 1. The molecule has 0 bridgehead atoms. The maximum absolute atomic E-state index is 9.65. The maximum atomic E-state index is 9.65. The summed E-state index contributed by atoms with van der Waals surface area (Å²) in [7, 11) is 0. The van der Waals surface area contributed by atoms with E-state index in [1.54, 1.807) is 0 Å². The van der Waals surface area contributed by atoms with Gasteiger partial charge in [0.2, 0.25) is 0 Å². The Kier molecular flexibility index (Phi) is 5.33. The summed E-state index contributed by atoms with van der Waals surface area (Å²) < 4.78 is 5.74. The van der Waals surface area contributed by atoms with Crippen molar-refractivity contribution >= 4 is 0 Å². The number of hydrogen-bond acceptors (Lipinski definition) is 2. The highest BCUT2D eigenvalue weighted by Crippen LogP contribution is 2.21. The second-order valence-corrected chi connectivity index (χ2v) is 4.21. The van der Waals surface area contributed by atoms with Gasteiger partial charge in [0, 0.05) is 0 Å². The molecule has 16 heavy (non-hydrogen) atoms. The van der Waals surface area contributed by atoms with Crippen molar-refractivity contribution in [2.75, 3.05) is 0 Å². The van der Waals surface area contributed by atoms with E-state index in [9.17, 15) is 5.11 Å². The summed E-state index contributed by atoms with van der Waals surface area (Å²) in [6.45, 7) is 6.21. The summed E-state index contributed by atoms with van der Waals surface area (Å²) in [6, 6.07) is 7.73. The molecule has 0 aromatic heterocycles. The van der Waals surface area contributed by atoms with Gasteiger partial charge in [-0.3, -0.25) is 0 Å². The first-order valence-electron chi connectivity index (χ1n) is 6.12. The van der Waals surface area contributed by atoms with Gasteiger partial charge in [-0.1, -0.05) is 32.4 Å². The third-order valence-electron chi connectivity index (χ3n) is 2.68. The molecule has 1 rings (SSSR count). The number of benzene rings is 1. The summed E-state index contributed by atoms with van der Waals surface area (Å²) in [6.07, 6.45) is 2.84. The highest BCUT2D eigenvalue weighted by Gasteiger charge is 2.06. The molecule has 2 atom stereocenters. The average Bonchev–Trinajstić information content (AvgIpc) is 2.29. The van der Waals surface area contributed by atoms with Gasteiger partial charge in [0.1, 0.15) is 5.75 Å². The van der Waals surface area contributed by atoms with Crippen molar-refractivity contribution < 1.29 is 9.84 Å². The van der Waals surface area contributed by atoms with Crippen LogP contribution in [0.15, 0.2) is 24.3 Å². The van der Waals surface area contributed by atoms with Gasteiger partial charge in [-0.2, -0.15) is 0 Å². The molecule has 1 aromatic carbocycles. The van der Waals surface area contributed by atoms with E-state index in [4.69, 9.17) is 4.74 Å². The van der Waals surface area contributed by atoms with E-state index < -0.39 is 0 Å². The van der Waals surface area contributed by atoms with Crippen LogP contribution in [0.4, 0.5) is 0 Å². The molecule has 0 aliphatic heterocycles. The van der Waals surface area contributed by atoms with E-state index in [1.165, 1.54) is 0 Å². The molecule has 0 aliphatic carbocycles. The van der Waals surface area contributed by atoms with Crippen LogP contribution in [0.25, 0.3) is 0 Å².